The first-order valence-corrected chi connectivity index (χ1v) is 4.67. The van der Waals surface area contributed by atoms with E-state index in [0.29, 0.717) is 5.02 Å². The Morgan fingerprint density at radius 1 is 1.24 bits per heavy atom. The largest absolute Gasteiger partial charge is 0.479 e. The second-order valence-corrected chi connectivity index (χ2v) is 3.38. The zero-order chi connectivity index (χ0) is 13.0. The van der Waals surface area contributed by atoms with Crippen LogP contribution in [-0.2, 0) is 9.59 Å². The van der Waals surface area contributed by atoms with Gasteiger partial charge >= 0.3 is 11.9 Å². The van der Waals surface area contributed by atoms with Gasteiger partial charge in [0, 0.05) is 6.20 Å². The minimum atomic E-state index is -2.01. The number of carboxylic acid groups (broad SMARTS) is 2. The van der Waals surface area contributed by atoms with E-state index in [-0.39, 0.29) is 5.69 Å². The van der Waals surface area contributed by atoms with Gasteiger partial charge in [-0.05, 0) is 12.1 Å². The molecule has 1 rings (SSSR count). The molecule has 1 amide bonds. The van der Waals surface area contributed by atoms with E-state index in [0.717, 1.165) is 0 Å². The molecule has 0 saturated heterocycles. The Kier molecular flexibility index (Phi) is 4.00. The Morgan fingerprint density at radius 3 is 2.24 bits per heavy atom. The molecule has 0 fully saturated rings. The molecule has 0 aromatic carbocycles. The Balaban J connectivity index is 2.81. The van der Waals surface area contributed by atoms with E-state index in [2.05, 4.69) is 4.98 Å². The summed E-state index contributed by atoms with van der Waals surface area (Å²) in [5, 5.41) is 19.2. The highest BCUT2D eigenvalue weighted by atomic mass is 35.5. The van der Waals surface area contributed by atoms with Crippen molar-refractivity contribution in [3.05, 3.63) is 29.0 Å². The summed E-state index contributed by atoms with van der Waals surface area (Å²) >= 11 is 5.54. The molecular formula is C9H7ClN2O5. The number of carbonyl (C=O) groups excluding carboxylic acids is 1. The summed E-state index contributed by atoms with van der Waals surface area (Å²) in [4.78, 5) is 36.1. The lowest BCUT2D eigenvalue weighted by Gasteiger charge is -2.09. The first-order valence-electron chi connectivity index (χ1n) is 4.30. The quantitative estimate of drug-likeness (QED) is 0.655. The van der Waals surface area contributed by atoms with Crippen LogP contribution < -0.4 is 5.32 Å². The van der Waals surface area contributed by atoms with Gasteiger partial charge in [0.2, 0.25) is 6.04 Å². The highest BCUT2D eigenvalue weighted by Crippen LogP contribution is 2.06. The molecule has 1 aromatic heterocycles. The lowest BCUT2D eigenvalue weighted by molar-refractivity contribution is -0.150. The zero-order valence-corrected chi connectivity index (χ0v) is 9.01. The maximum absolute atomic E-state index is 11.4. The van der Waals surface area contributed by atoms with Crippen molar-refractivity contribution < 1.29 is 24.6 Å². The number of halogens is 1. The van der Waals surface area contributed by atoms with E-state index >= 15 is 0 Å². The van der Waals surface area contributed by atoms with Crippen molar-refractivity contribution in [1.82, 2.24) is 10.3 Å². The highest BCUT2D eigenvalue weighted by Gasteiger charge is 2.28. The van der Waals surface area contributed by atoms with E-state index < -0.39 is 23.9 Å². The normalized spacial score (nSPS) is 10.0. The van der Waals surface area contributed by atoms with E-state index in [4.69, 9.17) is 21.8 Å². The maximum atomic E-state index is 11.4. The summed E-state index contributed by atoms with van der Waals surface area (Å²) in [5.74, 6) is -4.24. The predicted octanol–water partition coefficient (Wildman–Crippen LogP) is 0.00260. The first-order chi connectivity index (χ1) is 7.91. The fourth-order valence-corrected chi connectivity index (χ4v) is 1.06. The molecule has 1 aromatic rings. The topological polar surface area (TPSA) is 117 Å². The van der Waals surface area contributed by atoms with E-state index in [1.807, 2.05) is 5.32 Å². The number of aliphatic carboxylic acids is 2. The van der Waals surface area contributed by atoms with E-state index in [1.54, 1.807) is 0 Å². The van der Waals surface area contributed by atoms with Crippen LogP contribution in [-0.4, -0.2) is 39.1 Å². The van der Waals surface area contributed by atoms with Crippen molar-refractivity contribution in [2.75, 3.05) is 0 Å². The van der Waals surface area contributed by atoms with Gasteiger partial charge in [-0.1, -0.05) is 11.6 Å². The number of pyridine rings is 1. The maximum Gasteiger partial charge on any atom is 0.338 e. The van der Waals surface area contributed by atoms with Gasteiger partial charge in [-0.15, -0.1) is 0 Å². The second-order valence-electron chi connectivity index (χ2n) is 2.94. The van der Waals surface area contributed by atoms with Crippen LogP contribution in [0.1, 0.15) is 10.5 Å². The second kappa shape index (κ2) is 5.26. The number of carbonyl (C=O) groups is 3. The molecule has 0 aliphatic rings. The third-order valence-electron chi connectivity index (χ3n) is 1.73. The molecule has 0 aliphatic carbocycles. The standard InChI is InChI=1S/C9H7ClN2O5/c10-4-1-2-5(11-3-4)7(13)12-6(8(14)15)9(16)17/h1-3,6H,(H,12,13)(H,14,15)(H,16,17). The van der Waals surface area contributed by atoms with Crippen LogP contribution in [0.2, 0.25) is 5.02 Å². The summed E-state index contributed by atoms with van der Waals surface area (Å²) in [6, 6.07) is 0.610. The number of rotatable bonds is 4. The predicted molar refractivity (Wildman–Crippen MR) is 55.8 cm³/mol. The molecule has 0 saturated carbocycles. The molecule has 17 heavy (non-hydrogen) atoms. The third-order valence-corrected chi connectivity index (χ3v) is 1.95. The van der Waals surface area contributed by atoms with Gasteiger partial charge in [-0.2, -0.15) is 0 Å². The number of carboxylic acids is 2. The fourth-order valence-electron chi connectivity index (χ4n) is 0.944. The molecule has 3 N–H and O–H groups in total. The van der Waals surface area contributed by atoms with Crippen LogP contribution in [0.3, 0.4) is 0 Å². The Morgan fingerprint density at radius 2 is 1.82 bits per heavy atom. The lowest BCUT2D eigenvalue weighted by atomic mass is 10.2. The number of nitrogens with one attached hydrogen (secondary N) is 1. The molecule has 0 radical (unpaired) electrons. The summed E-state index contributed by atoms with van der Waals surface area (Å²) < 4.78 is 0. The minimum Gasteiger partial charge on any atom is -0.479 e. The number of amides is 1. The summed E-state index contributed by atoms with van der Waals surface area (Å²) in [5.41, 5.74) is -0.123. The first kappa shape index (κ1) is 12.9. The fraction of sp³-hybridized carbons (Fsp3) is 0.111. The van der Waals surface area contributed by atoms with Crippen LogP contribution >= 0.6 is 11.6 Å². The monoisotopic (exact) mass is 258 g/mol. The van der Waals surface area contributed by atoms with Gasteiger partial charge in [0.1, 0.15) is 5.69 Å². The molecule has 0 aliphatic heterocycles. The molecule has 1 heterocycles. The molecule has 0 bridgehead atoms. The molecule has 8 heteroatoms. The van der Waals surface area contributed by atoms with E-state index in [1.165, 1.54) is 18.3 Å². The van der Waals surface area contributed by atoms with Crippen molar-refractivity contribution in [2.24, 2.45) is 0 Å². The molecule has 0 atom stereocenters. The van der Waals surface area contributed by atoms with Gasteiger partial charge in [0.25, 0.3) is 5.91 Å². The average molecular weight is 259 g/mol. The number of aromatic nitrogens is 1. The van der Waals surface area contributed by atoms with Crippen LogP contribution in [0.15, 0.2) is 18.3 Å². The van der Waals surface area contributed by atoms with Crippen molar-refractivity contribution in [3.63, 3.8) is 0 Å². The van der Waals surface area contributed by atoms with Crippen LogP contribution in [0, 0.1) is 0 Å². The molecule has 0 spiro atoms. The van der Waals surface area contributed by atoms with Crippen LogP contribution in [0.5, 0.6) is 0 Å². The van der Waals surface area contributed by atoms with Crippen molar-refractivity contribution in [2.45, 2.75) is 6.04 Å². The minimum absolute atomic E-state index is 0.123. The molecule has 7 nitrogen and oxygen atoms in total. The highest BCUT2D eigenvalue weighted by molar-refractivity contribution is 6.30. The number of hydrogen-bond donors (Lipinski definition) is 3. The summed E-state index contributed by atoms with van der Waals surface area (Å²) in [6.07, 6.45) is 1.19. The van der Waals surface area contributed by atoms with Crippen molar-refractivity contribution in [3.8, 4) is 0 Å². The zero-order valence-electron chi connectivity index (χ0n) is 8.25. The summed E-state index contributed by atoms with van der Waals surface area (Å²) in [6.45, 7) is 0. The smallest absolute Gasteiger partial charge is 0.338 e. The SMILES string of the molecule is O=C(NC(C(=O)O)C(=O)O)c1ccc(Cl)cn1. The van der Waals surface area contributed by atoms with E-state index in [9.17, 15) is 14.4 Å². The Hall–Kier alpha value is -2.15. The third kappa shape index (κ3) is 3.42. The molecular weight excluding hydrogens is 252 g/mol. The van der Waals surface area contributed by atoms with Gasteiger partial charge in [0.05, 0.1) is 5.02 Å². The van der Waals surface area contributed by atoms with Gasteiger partial charge in [0.15, 0.2) is 0 Å². The van der Waals surface area contributed by atoms with Crippen LogP contribution in [0.4, 0.5) is 0 Å². The van der Waals surface area contributed by atoms with Crippen molar-refractivity contribution >= 4 is 29.4 Å². The van der Waals surface area contributed by atoms with Gasteiger partial charge < -0.3 is 15.5 Å². The lowest BCUT2D eigenvalue weighted by Crippen LogP contribution is -2.46. The van der Waals surface area contributed by atoms with Crippen molar-refractivity contribution in [1.29, 1.82) is 0 Å². The molecule has 0 unspecified atom stereocenters. The molecule has 90 valence electrons. The number of nitrogens with zero attached hydrogens (tertiary/aromatic N) is 1. The Bertz CT molecular complexity index is 445. The summed E-state index contributed by atoms with van der Waals surface area (Å²) in [7, 11) is 0. The average Bonchev–Trinajstić information content (AvgIpc) is 2.25. The Labute approximate surface area is 100 Å². The number of hydrogen-bond acceptors (Lipinski definition) is 4. The van der Waals surface area contributed by atoms with Gasteiger partial charge in [-0.25, -0.2) is 14.6 Å². The van der Waals surface area contributed by atoms with Crippen LogP contribution in [0.25, 0.3) is 0 Å². The van der Waals surface area contributed by atoms with Gasteiger partial charge in [-0.3, -0.25) is 4.79 Å².